The van der Waals surface area contributed by atoms with Gasteiger partial charge in [-0.05, 0) is 74.8 Å². The van der Waals surface area contributed by atoms with Crippen molar-refractivity contribution in [2.24, 2.45) is 0 Å². The molecular formula is C28H29N5O2. The van der Waals surface area contributed by atoms with Crippen LogP contribution in [0.4, 0.5) is 4.79 Å². The number of hydrogen-bond acceptors (Lipinski definition) is 5. The zero-order valence-electron chi connectivity index (χ0n) is 20.0. The number of fused-ring (bicyclic) bond motifs is 1. The Morgan fingerprint density at radius 3 is 2.40 bits per heavy atom. The highest BCUT2D eigenvalue weighted by Crippen LogP contribution is 2.46. The number of carbonyl (C=O) groups excluding carboxylic acids is 1. The van der Waals surface area contributed by atoms with Gasteiger partial charge in [-0.1, -0.05) is 30.3 Å². The van der Waals surface area contributed by atoms with Gasteiger partial charge < -0.3 is 4.74 Å². The molecule has 0 bridgehead atoms. The molecule has 1 atom stereocenters. The van der Waals surface area contributed by atoms with Crippen LogP contribution in [0.5, 0.6) is 0 Å². The van der Waals surface area contributed by atoms with E-state index in [1.807, 2.05) is 66.0 Å². The average Bonchev–Trinajstić information content (AvgIpc) is 3.41. The van der Waals surface area contributed by atoms with Crippen molar-refractivity contribution in [2.45, 2.75) is 63.1 Å². The van der Waals surface area contributed by atoms with Crippen molar-refractivity contribution in [3.05, 3.63) is 84.4 Å². The maximum atomic E-state index is 13.0. The lowest BCUT2D eigenvalue weighted by Gasteiger charge is -2.38. The number of rotatable bonds is 4. The molecule has 3 aromatic heterocycles. The molecule has 1 aliphatic carbocycles. The first kappa shape index (κ1) is 21.8. The predicted octanol–water partition coefficient (Wildman–Crippen LogP) is 5.81. The van der Waals surface area contributed by atoms with Crippen molar-refractivity contribution in [1.29, 1.82) is 0 Å². The minimum absolute atomic E-state index is 0.0788. The van der Waals surface area contributed by atoms with Gasteiger partial charge in [0.25, 0.3) is 0 Å². The van der Waals surface area contributed by atoms with Crippen LogP contribution < -0.4 is 0 Å². The first-order chi connectivity index (χ1) is 17.0. The fourth-order valence-electron chi connectivity index (χ4n) is 5.86. The minimum atomic E-state index is -0.560. The molecule has 1 aliphatic heterocycles. The molecule has 1 amide bonds. The molecule has 1 aromatic carbocycles. The number of aromatic nitrogens is 4. The number of carbonyl (C=O) groups is 1. The lowest BCUT2D eigenvalue weighted by atomic mass is 9.80. The normalized spacial score (nSPS) is 24.0. The third-order valence-corrected chi connectivity index (χ3v) is 7.50. The summed E-state index contributed by atoms with van der Waals surface area (Å²) in [5, 5.41) is 0. The summed E-state index contributed by atoms with van der Waals surface area (Å²) in [7, 11) is 0. The number of ether oxygens (including phenoxy) is 1. The van der Waals surface area contributed by atoms with Gasteiger partial charge in [0.15, 0.2) is 0 Å². The summed E-state index contributed by atoms with van der Waals surface area (Å²) >= 11 is 0. The van der Waals surface area contributed by atoms with Crippen molar-refractivity contribution in [3.8, 4) is 5.95 Å². The predicted molar refractivity (Wildman–Crippen MR) is 133 cm³/mol. The van der Waals surface area contributed by atoms with Crippen LogP contribution in [0.15, 0.2) is 73.3 Å². The Kier molecular flexibility index (Phi) is 5.28. The Labute approximate surface area is 204 Å². The molecular weight excluding hydrogens is 438 g/mol. The summed E-state index contributed by atoms with van der Waals surface area (Å²) in [6.07, 6.45) is 11.2. The molecule has 0 spiro atoms. The number of hydrogen-bond donors (Lipinski definition) is 0. The molecule has 2 fully saturated rings. The Balaban J connectivity index is 1.23. The van der Waals surface area contributed by atoms with Crippen LogP contribution in [0.2, 0.25) is 0 Å². The van der Waals surface area contributed by atoms with Crippen molar-refractivity contribution in [3.63, 3.8) is 0 Å². The lowest BCUT2D eigenvalue weighted by Crippen LogP contribution is -2.42. The van der Waals surface area contributed by atoms with Crippen LogP contribution in [-0.2, 0) is 4.74 Å². The third kappa shape index (κ3) is 3.85. The first-order valence-corrected chi connectivity index (χ1v) is 12.3. The quantitative estimate of drug-likeness (QED) is 0.378. The van der Waals surface area contributed by atoms with E-state index in [2.05, 4.69) is 28.2 Å². The maximum Gasteiger partial charge on any atom is 0.411 e. The summed E-state index contributed by atoms with van der Waals surface area (Å²) < 4.78 is 7.84. The van der Waals surface area contributed by atoms with Gasteiger partial charge in [-0.3, -0.25) is 14.5 Å². The third-order valence-electron chi connectivity index (χ3n) is 7.50. The highest BCUT2D eigenvalue weighted by molar-refractivity contribution is 5.78. The Morgan fingerprint density at radius 1 is 0.914 bits per heavy atom. The highest BCUT2D eigenvalue weighted by atomic mass is 16.6. The Hall–Kier alpha value is -3.74. The van der Waals surface area contributed by atoms with E-state index in [-0.39, 0.29) is 18.2 Å². The fourth-order valence-corrected chi connectivity index (χ4v) is 5.86. The fraction of sp³-hybridized carbons (Fsp3) is 0.357. The van der Waals surface area contributed by atoms with Crippen LogP contribution in [0.25, 0.3) is 17.0 Å². The topological polar surface area (TPSA) is 73.1 Å². The van der Waals surface area contributed by atoms with E-state index in [0.29, 0.717) is 11.9 Å². The van der Waals surface area contributed by atoms with E-state index in [1.165, 1.54) is 5.56 Å². The number of cyclic esters (lactones) is 1. The number of amides is 1. The van der Waals surface area contributed by atoms with Gasteiger partial charge in [0.05, 0.1) is 17.1 Å². The van der Waals surface area contributed by atoms with Gasteiger partial charge in [-0.2, -0.15) is 0 Å². The molecule has 0 radical (unpaired) electrons. The summed E-state index contributed by atoms with van der Waals surface area (Å²) in [6.45, 7) is 4.03. The summed E-state index contributed by atoms with van der Waals surface area (Å²) in [6, 6.07) is 16.4. The lowest BCUT2D eigenvalue weighted by molar-refractivity contribution is 0.0664. The van der Waals surface area contributed by atoms with Crippen molar-refractivity contribution in [1.82, 2.24) is 24.4 Å². The zero-order valence-corrected chi connectivity index (χ0v) is 20.0. The molecule has 6 rings (SSSR count). The van der Waals surface area contributed by atoms with Gasteiger partial charge >= 0.3 is 6.09 Å². The molecule has 1 saturated heterocycles. The minimum Gasteiger partial charge on any atom is -0.441 e. The van der Waals surface area contributed by atoms with Crippen molar-refractivity contribution < 1.29 is 9.53 Å². The second-order valence-electron chi connectivity index (χ2n) is 10.1. The molecule has 7 nitrogen and oxygen atoms in total. The van der Waals surface area contributed by atoms with Crippen LogP contribution >= 0.6 is 0 Å². The van der Waals surface area contributed by atoms with Gasteiger partial charge in [0.2, 0.25) is 5.95 Å². The van der Waals surface area contributed by atoms with E-state index < -0.39 is 5.60 Å². The molecule has 2 aliphatic rings. The molecule has 7 heteroatoms. The second-order valence-corrected chi connectivity index (χ2v) is 10.1. The maximum absolute atomic E-state index is 13.0. The highest BCUT2D eigenvalue weighted by Gasteiger charge is 2.51. The monoisotopic (exact) mass is 467 g/mol. The average molecular weight is 468 g/mol. The van der Waals surface area contributed by atoms with Crippen LogP contribution in [-0.4, -0.2) is 42.2 Å². The summed E-state index contributed by atoms with van der Waals surface area (Å²) in [4.78, 5) is 28.5. The summed E-state index contributed by atoms with van der Waals surface area (Å²) in [5.41, 5.74) is 3.75. The zero-order chi connectivity index (χ0) is 24.0. The SMILES string of the molecule is CC1(C)OC(=O)N(C2CCC(c3cnc4ccn(-c5ncccn5)c4c3)CC2)C1c1ccccc1. The van der Waals surface area contributed by atoms with E-state index in [4.69, 9.17) is 9.72 Å². The molecule has 4 aromatic rings. The molecule has 178 valence electrons. The number of nitrogens with zero attached hydrogens (tertiary/aromatic N) is 5. The van der Waals surface area contributed by atoms with Crippen molar-refractivity contribution >= 4 is 17.1 Å². The van der Waals surface area contributed by atoms with Crippen molar-refractivity contribution in [2.75, 3.05) is 0 Å². The molecule has 0 N–H and O–H groups in total. The van der Waals surface area contributed by atoms with Crippen LogP contribution in [0.1, 0.15) is 62.6 Å². The van der Waals surface area contributed by atoms with Gasteiger partial charge in [-0.15, -0.1) is 0 Å². The van der Waals surface area contributed by atoms with Crippen LogP contribution in [0.3, 0.4) is 0 Å². The molecule has 1 saturated carbocycles. The van der Waals surface area contributed by atoms with Gasteiger partial charge in [-0.25, -0.2) is 14.8 Å². The van der Waals surface area contributed by atoms with E-state index in [1.54, 1.807) is 12.4 Å². The number of benzene rings is 1. The van der Waals surface area contributed by atoms with E-state index >= 15 is 0 Å². The van der Waals surface area contributed by atoms with Crippen LogP contribution in [0, 0.1) is 0 Å². The molecule has 1 unspecified atom stereocenters. The Bertz CT molecular complexity index is 1340. The number of pyridine rings is 1. The van der Waals surface area contributed by atoms with E-state index in [0.717, 1.165) is 42.3 Å². The van der Waals surface area contributed by atoms with Gasteiger partial charge in [0.1, 0.15) is 5.60 Å². The molecule has 35 heavy (non-hydrogen) atoms. The standard InChI is InChI=1S/C28H29N5O2/c1-28(2)25(20-7-4-3-5-8-20)33(27(34)35-28)22-11-9-19(10-12-22)21-17-24-23(31-18-21)13-16-32(24)26-29-14-6-15-30-26/h3-8,13-19,22,25H,9-12H2,1-2H3. The summed E-state index contributed by atoms with van der Waals surface area (Å²) in [5.74, 6) is 1.05. The second kappa shape index (κ2) is 8.48. The first-order valence-electron chi connectivity index (χ1n) is 12.3. The Morgan fingerprint density at radius 2 is 1.66 bits per heavy atom. The molecule has 4 heterocycles. The smallest absolute Gasteiger partial charge is 0.411 e. The van der Waals surface area contributed by atoms with E-state index in [9.17, 15) is 4.79 Å². The van der Waals surface area contributed by atoms with Gasteiger partial charge in [0, 0.05) is 30.8 Å². The largest absolute Gasteiger partial charge is 0.441 e.